The van der Waals surface area contributed by atoms with E-state index in [1.807, 2.05) is 47.8 Å². The molecule has 2 amide bonds. The predicted octanol–water partition coefficient (Wildman–Crippen LogP) is 2.84. The van der Waals surface area contributed by atoms with Gasteiger partial charge in [-0.15, -0.1) is 11.3 Å². The lowest BCUT2D eigenvalue weighted by Crippen LogP contribution is -2.44. The highest BCUT2D eigenvalue weighted by Gasteiger charge is 2.19. The van der Waals surface area contributed by atoms with Crippen LogP contribution in [-0.4, -0.2) is 23.0 Å². The van der Waals surface area contributed by atoms with Gasteiger partial charge in [0.2, 0.25) is 5.91 Å². The number of hydrogen-bond acceptors (Lipinski definition) is 5. The topological polar surface area (TPSA) is 84.2 Å². The van der Waals surface area contributed by atoms with Gasteiger partial charge in [0.25, 0.3) is 5.91 Å². The quantitative estimate of drug-likeness (QED) is 0.712. The Hall–Kier alpha value is -2.93. The minimum Gasteiger partial charge on any atom is -0.355 e. The molecular formula is C18H17N3O3S. The highest BCUT2D eigenvalue weighted by Crippen LogP contribution is 2.25. The zero-order valence-electron chi connectivity index (χ0n) is 13.6. The number of amides is 2. The summed E-state index contributed by atoms with van der Waals surface area (Å²) in [5.41, 5.74) is 1.14. The van der Waals surface area contributed by atoms with Crippen molar-refractivity contribution >= 4 is 23.2 Å². The molecule has 0 fully saturated rings. The van der Waals surface area contributed by atoms with Gasteiger partial charge < -0.3 is 15.2 Å². The number of rotatable bonds is 6. The molecule has 0 aliphatic carbocycles. The fourth-order valence-electron chi connectivity index (χ4n) is 2.19. The number of thiophene rings is 1. The van der Waals surface area contributed by atoms with E-state index in [0.717, 1.165) is 10.4 Å². The summed E-state index contributed by atoms with van der Waals surface area (Å²) in [6, 6.07) is 14.2. The van der Waals surface area contributed by atoms with Gasteiger partial charge in [-0.05, 0) is 23.9 Å². The molecule has 0 aliphatic rings. The summed E-state index contributed by atoms with van der Waals surface area (Å²) in [5, 5.41) is 11.1. The van der Waals surface area contributed by atoms with Gasteiger partial charge in [-0.3, -0.25) is 9.59 Å². The molecule has 0 aliphatic heterocycles. The van der Waals surface area contributed by atoms with Crippen LogP contribution in [0.25, 0.3) is 10.6 Å². The summed E-state index contributed by atoms with van der Waals surface area (Å²) in [5.74, 6) is -0.186. The first-order valence-electron chi connectivity index (χ1n) is 7.76. The van der Waals surface area contributed by atoms with E-state index in [4.69, 9.17) is 4.52 Å². The zero-order valence-corrected chi connectivity index (χ0v) is 14.4. The van der Waals surface area contributed by atoms with E-state index in [1.54, 1.807) is 13.0 Å². The van der Waals surface area contributed by atoms with E-state index >= 15 is 0 Å². The normalized spacial score (nSPS) is 11.7. The Morgan fingerprint density at radius 3 is 2.72 bits per heavy atom. The maximum Gasteiger partial charge on any atom is 0.274 e. The largest absolute Gasteiger partial charge is 0.355 e. The van der Waals surface area contributed by atoms with Gasteiger partial charge in [0.1, 0.15) is 6.04 Å². The van der Waals surface area contributed by atoms with Crippen molar-refractivity contribution in [2.24, 2.45) is 0 Å². The summed E-state index contributed by atoms with van der Waals surface area (Å²) >= 11 is 1.49. The Balaban J connectivity index is 1.54. The average molecular weight is 355 g/mol. The minimum absolute atomic E-state index is 0.145. The van der Waals surface area contributed by atoms with Gasteiger partial charge in [-0.2, -0.15) is 0 Å². The maximum absolute atomic E-state index is 12.2. The lowest BCUT2D eigenvalue weighted by Gasteiger charge is -2.13. The molecule has 0 saturated carbocycles. The molecule has 2 aromatic heterocycles. The molecule has 1 aromatic carbocycles. The summed E-state index contributed by atoms with van der Waals surface area (Å²) in [6.07, 6.45) is 0. The number of nitrogens with one attached hydrogen (secondary N) is 2. The lowest BCUT2D eigenvalue weighted by molar-refractivity contribution is -0.122. The number of hydrogen-bond donors (Lipinski definition) is 2. The molecule has 1 unspecified atom stereocenters. The van der Waals surface area contributed by atoms with E-state index in [-0.39, 0.29) is 11.6 Å². The Morgan fingerprint density at radius 1 is 1.20 bits per heavy atom. The molecule has 25 heavy (non-hydrogen) atoms. The molecule has 7 heteroatoms. The SMILES string of the molecule is CC(NC(=O)c1cc(-c2cccs2)on1)C(=O)NCc1ccccc1. The fourth-order valence-corrected chi connectivity index (χ4v) is 2.86. The van der Waals surface area contributed by atoms with Gasteiger partial charge in [0.05, 0.1) is 4.88 Å². The van der Waals surface area contributed by atoms with Crippen LogP contribution in [0.3, 0.4) is 0 Å². The van der Waals surface area contributed by atoms with Crippen LogP contribution in [-0.2, 0) is 11.3 Å². The van der Waals surface area contributed by atoms with Crippen molar-refractivity contribution in [1.29, 1.82) is 0 Å². The van der Waals surface area contributed by atoms with Crippen molar-refractivity contribution in [1.82, 2.24) is 15.8 Å². The molecule has 2 heterocycles. The summed E-state index contributed by atoms with van der Waals surface area (Å²) < 4.78 is 5.18. The second-order valence-corrected chi connectivity index (χ2v) is 6.40. The summed E-state index contributed by atoms with van der Waals surface area (Å²) in [7, 11) is 0. The van der Waals surface area contributed by atoms with Crippen LogP contribution in [0.4, 0.5) is 0 Å². The average Bonchev–Trinajstić information content (AvgIpc) is 3.31. The highest BCUT2D eigenvalue weighted by atomic mass is 32.1. The Bertz CT molecular complexity index is 844. The summed E-state index contributed by atoms with van der Waals surface area (Å²) in [4.78, 5) is 25.2. The van der Waals surface area contributed by atoms with E-state index in [1.165, 1.54) is 11.3 Å². The number of benzene rings is 1. The zero-order chi connectivity index (χ0) is 17.6. The lowest BCUT2D eigenvalue weighted by atomic mass is 10.2. The van der Waals surface area contributed by atoms with Gasteiger partial charge >= 0.3 is 0 Å². The van der Waals surface area contributed by atoms with Crippen molar-refractivity contribution in [2.75, 3.05) is 0 Å². The third-order valence-corrected chi connectivity index (χ3v) is 4.44. The second kappa shape index (κ2) is 7.76. The molecule has 0 saturated heterocycles. The van der Waals surface area contributed by atoms with Crippen LogP contribution in [0.5, 0.6) is 0 Å². The number of nitrogens with zero attached hydrogens (tertiary/aromatic N) is 1. The van der Waals surface area contributed by atoms with E-state index in [0.29, 0.717) is 12.3 Å². The van der Waals surface area contributed by atoms with E-state index in [9.17, 15) is 9.59 Å². The maximum atomic E-state index is 12.2. The van der Waals surface area contributed by atoms with Crippen LogP contribution >= 0.6 is 11.3 Å². The van der Waals surface area contributed by atoms with Crippen LogP contribution in [0.2, 0.25) is 0 Å². The van der Waals surface area contributed by atoms with Gasteiger partial charge in [0.15, 0.2) is 11.5 Å². The summed E-state index contributed by atoms with van der Waals surface area (Å²) in [6.45, 7) is 2.03. The number of carbonyl (C=O) groups excluding carboxylic acids is 2. The van der Waals surface area contributed by atoms with Crippen LogP contribution < -0.4 is 10.6 Å². The molecule has 3 aromatic rings. The highest BCUT2D eigenvalue weighted by molar-refractivity contribution is 7.13. The third-order valence-electron chi connectivity index (χ3n) is 3.56. The van der Waals surface area contributed by atoms with Crippen molar-refractivity contribution < 1.29 is 14.1 Å². The first-order valence-corrected chi connectivity index (χ1v) is 8.64. The molecule has 3 rings (SSSR count). The van der Waals surface area contributed by atoms with Crippen LogP contribution in [0.1, 0.15) is 23.0 Å². The van der Waals surface area contributed by atoms with E-state index in [2.05, 4.69) is 15.8 Å². The van der Waals surface area contributed by atoms with E-state index < -0.39 is 11.9 Å². The van der Waals surface area contributed by atoms with Gasteiger partial charge in [-0.25, -0.2) is 0 Å². The third kappa shape index (κ3) is 4.33. The van der Waals surface area contributed by atoms with Crippen molar-refractivity contribution in [2.45, 2.75) is 19.5 Å². The first-order chi connectivity index (χ1) is 12.1. The molecule has 0 bridgehead atoms. The van der Waals surface area contributed by atoms with Gasteiger partial charge in [0, 0.05) is 12.6 Å². The van der Waals surface area contributed by atoms with Crippen molar-refractivity contribution in [3.05, 3.63) is 65.2 Å². The Kier molecular flexibility index (Phi) is 5.25. The van der Waals surface area contributed by atoms with Crippen LogP contribution in [0.15, 0.2) is 58.4 Å². The van der Waals surface area contributed by atoms with Crippen molar-refractivity contribution in [3.8, 4) is 10.6 Å². The molecule has 6 nitrogen and oxygen atoms in total. The standard InChI is InChI=1S/C18H17N3O3S/c1-12(17(22)19-11-13-6-3-2-4-7-13)20-18(23)14-10-15(24-21-14)16-8-5-9-25-16/h2-10,12H,11H2,1H3,(H,19,22)(H,20,23). The van der Waals surface area contributed by atoms with Crippen LogP contribution in [0, 0.1) is 0 Å². The number of aromatic nitrogens is 1. The molecule has 1 atom stereocenters. The Morgan fingerprint density at radius 2 is 2.00 bits per heavy atom. The molecule has 2 N–H and O–H groups in total. The molecule has 128 valence electrons. The monoisotopic (exact) mass is 355 g/mol. The Labute approximate surface area is 148 Å². The second-order valence-electron chi connectivity index (χ2n) is 5.45. The predicted molar refractivity (Wildman–Crippen MR) is 95.0 cm³/mol. The molecule has 0 spiro atoms. The van der Waals surface area contributed by atoms with Gasteiger partial charge in [-0.1, -0.05) is 41.6 Å². The fraction of sp³-hybridized carbons (Fsp3) is 0.167. The first kappa shape index (κ1) is 16.9. The van der Waals surface area contributed by atoms with Crippen molar-refractivity contribution in [3.63, 3.8) is 0 Å². The number of carbonyl (C=O) groups is 2. The molecular weight excluding hydrogens is 338 g/mol. The minimum atomic E-state index is -0.682. The smallest absolute Gasteiger partial charge is 0.274 e. The molecule has 0 radical (unpaired) electrons.